The maximum absolute atomic E-state index is 13.4. The molecule has 0 aliphatic carbocycles. The second kappa shape index (κ2) is 3.91. The lowest BCUT2D eigenvalue weighted by Gasteiger charge is -2.06. The average Bonchev–Trinajstić information content (AvgIpc) is 2.23. The van der Waals surface area contributed by atoms with Gasteiger partial charge in [0.15, 0.2) is 0 Å². The lowest BCUT2D eigenvalue weighted by Crippen LogP contribution is -1.84. The predicted molar refractivity (Wildman–Crippen MR) is 58.5 cm³/mol. The molecule has 0 atom stereocenters. The zero-order chi connectivity index (χ0) is 10.8. The Morgan fingerprint density at radius 2 is 1.73 bits per heavy atom. The summed E-state index contributed by atoms with van der Waals surface area (Å²) in [5.74, 6) is -0.362. The van der Waals surface area contributed by atoms with Crippen molar-refractivity contribution in [1.29, 1.82) is 0 Å². The Morgan fingerprint density at radius 3 is 2.47 bits per heavy atom. The van der Waals surface area contributed by atoms with Gasteiger partial charge in [-0.3, -0.25) is 0 Å². The summed E-state index contributed by atoms with van der Waals surface area (Å²) in [7, 11) is 0. The van der Waals surface area contributed by atoms with Crippen LogP contribution in [0.5, 0.6) is 5.75 Å². The third-order valence-electron chi connectivity index (χ3n) is 2.12. The molecule has 76 valence electrons. The molecule has 0 aliphatic rings. The lowest BCUT2D eigenvalue weighted by molar-refractivity contribution is 0.476. The van der Waals surface area contributed by atoms with Gasteiger partial charge < -0.3 is 5.11 Å². The van der Waals surface area contributed by atoms with E-state index in [4.69, 9.17) is 11.6 Å². The third kappa shape index (κ3) is 1.95. The van der Waals surface area contributed by atoms with Gasteiger partial charge in [-0.25, -0.2) is 4.39 Å². The molecule has 1 N–H and O–H groups in total. The summed E-state index contributed by atoms with van der Waals surface area (Å²) < 4.78 is 13.4. The Balaban J connectivity index is 2.64. The van der Waals surface area contributed by atoms with E-state index in [0.29, 0.717) is 16.1 Å². The maximum atomic E-state index is 13.4. The number of phenolic OH excluding ortho intramolecular Hbond substituents is 1. The molecule has 0 aliphatic heterocycles. The Labute approximate surface area is 91.8 Å². The minimum atomic E-state index is -0.380. The Bertz CT molecular complexity index is 497. The summed E-state index contributed by atoms with van der Waals surface area (Å²) in [6.07, 6.45) is 0. The topological polar surface area (TPSA) is 20.2 Å². The van der Waals surface area contributed by atoms with Crippen LogP contribution in [0.15, 0.2) is 42.5 Å². The number of aromatic hydroxyl groups is 1. The smallest absolute Gasteiger partial charge is 0.131 e. The van der Waals surface area contributed by atoms with E-state index in [0.717, 1.165) is 0 Å². The molecule has 15 heavy (non-hydrogen) atoms. The van der Waals surface area contributed by atoms with Crippen molar-refractivity contribution in [3.63, 3.8) is 0 Å². The highest BCUT2D eigenvalue weighted by atomic mass is 35.5. The van der Waals surface area contributed by atoms with Gasteiger partial charge in [0.25, 0.3) is 0 Å². The van der Waals surface area contributed by atoms with Gasteiger partial charge in [0.2, 0.25) is 0 Å². The fourth-order valence-corrected chi connectivity index (χ4v) is 1.58. The molecule has 0 fully saturated rings. The lowest BCUT2D eigenvalue weighted by atomic mass is 10.0. The molecule has 0 heterocycles. The Morgan fingerprint density at radius 1 is 1.00 bits per heavy atom. The average molecular weight is 223 g/mol. The zero-order valence-corrected chi connectivity index (χ0v) is 8.50. The van der Waals surface area contributed by atoms with Crippen LogP contribution < -0.4 is 0 Å². The third-order valence-corrected chi connectivity index (χ3v) is 2.36. The van der Waals surface area contributed by atoms with E-state index in [-0.39, 0.29) is 11.6 Å². The van der Waals surface area contributed by atoms with Crippen LogP contribution in [0.4, 0.5) is 4.39 Å². The first-order valence-electron chi connectivity index (χ1n) is 4.42. The second-order valence-corrected chi connectivity index (χ2v) is 3.58. The van der Waals surface area contributed by atoms with Crippen LogP contribution in [0, 0.1) is 5.82 Å². The summed E-state index contributed by atoms with van der Waals surface area (Å²) >= 11 is 5.79. The molecule has 2 aromatic rings. The quantitative estimate of drug-likeness (QED) is 0.777. The highest BCUT2D eigenvalue weighted by molar-refractivity contribution is 6.31. The molecule has 0 radical (unpaired) electrons. The molecular weight excluding hydrogens is 215 g/mol. The van der Waals surface area contributed by atoms with Crippen molar-refractivity contribution in [3.05, 3.63) is 53.3 Å². The molecule has 1 nitrogen and oxygen atoms in total. The van der Waals surface area contributed by atoms with E-state index in [2.05, 4.69) is 0 Å². The van der Waals surface area contributed by atoms with E-state index in [9.17, 15) is 9.50 Å². The molecule has 0 aromatic heterocycles. The number of hydrogen-bond acceptors (Lipinski definition) is 1. The molecule has 0 saturated carbocycles. The van der Waals surface area contributed by atoms with E-state index in [1.165, 1.54) is 18.2 Å². The summed E-state index contributed by atoms with van der Waals surface area (Å²) in [5.41, 5.74) is 0.748. The minimum absolute atomic E-state index is 0.0181. The second-order valence-electron chi connectivity index (χ2n) is 3.14. The predicted octanol–water partition coefficient (Wildman–Crippen LogP) is 3.85. The summed E-state index contributed by atoms with van der Waals surface area (Å²) in [5, 5.41) is 10.1. The van der Waals surface area contributed by atoms with E-state index < -0.39 is 0 Å². The van der Waals surface area contributed by atoms with Crippen LogP contribution >= 0.6 is 11.6 Å². The van der Waals surface area contributed by atoms with Crippen LogP contribution in [-0.2, 0) is 0 Å². The minimum Gasteiger partial charge on any atom is -0.507 e. The molecule has 0 unspecified atom stereocenters. The molecule has 3 heteroatoms. The highest BCUT2D eigenvalue weighted by Gasteiger charge is 2.08. The highest BCUT2D eigenvalue weighted by Crippen LogP contribution is 2.32. The normalized spacial score (nSPS) is 10.3. The largest absolute Gasteiger partial charge is 0.507 e. The van der Waals surface area contributed by atoms with Gasteiger partial charge in [-0.1, -0.05) is 29.8 Å². The number of benzene rings is 2. The SMILES string of the molecule is Oc1ccc(Cl)cc1-c1ccccc1F. The van der Waals surface area contributed by atoms with Crippen molar-refractivity contribution >= 4 is 11.6 Å². The fraction of sp³-hybridized carbons (Fsp3) is 0. The van der Waals surface area contributed by atoms with Crippen LogP contribution in [-0.4, -0.2) is 5.11 Å². The molecule has 0 saturated heterocycles. The number of rotatable bonds is 1. The van der Waals surface area contributed by atoms with Gasteiger partial charge in [0.1, 0.15) is 11.6 Å². The monoisotopic (exact) mass is 222 g/mol. The van der Waals surface area contributed by atoms with Gasteiger partial charge in [-0.05, 0) is 24.3 Å². The molecule has 0 bridgehead atoms. The van der Waals surface area contributed by atoms with Crippen LogP contribution in [0.1, 0.15) is 0 Å². The number of hydrogen-bond donors (Lipinski definition) is 1. The van der Waals surface area contributed by atoms with Crippen molar-refractivity contribution in [3.8, 4) is 16.9 Å². The number of phenols is 1. The van der Waals surface area contributed by atoms with Gasteiger partial charge in [0, 0.05) is 16.1 Å². The molecule has 2 rings (SSSR count). The van der Waals surface area contributed by atoms with Crippen molar-refractivity contribution in [1.82, 2.24) is 0 Å². The zero-order valence-electron chi connectivity index (χ0n) is 7.74. The Kier molecular flexibility index (Phi) is 2.60. The molecule has 0 spiro atoms. The molecule has 2 aromatic carbocycles. The van der Waals surface area contributed by atoms with Crippen LogP contribution in [0.2, 0.25) is 5.02 Å². The summed E-state index contributed by atoms with van der Waals surface area (Å²) in [6, 6.07) is 10.8. The van der Waals surface area contributed by atoms with Crippen LogP contribution in [0.3, 0.4) is 0 Å². The van der Waals surface area contributed by atoms with Crippen LogP contribution in [0.25, 0.3) is 11.1 Å². The summed E-state index contributed by atoms with van der Waals surface area (Å²) in [6.45, 7) is 0. The first kappa shape index (κ1) is 9.99. The van der Waals surface area contributed by atoms with Gasteiger partial charge in [-0.15, -0.1) is 0 Å². The first-order valence-corrected chi connectivity index (χ1v) is 4.79. The number of halogens is 2. The van der Waals surface area contributed by atoms with Gasteiger partial charge in [-0.2, -0.15) is 0 Å². The van der Waals surface area contributed by atoms with Crippen molar-refractivity contribution in [2.75, 3.05) is 0 Å². The van der Waals surface area contributed by atoms with Crippen molar-refractivity contribution < 1.29 is 9.50 Å². The van der Waals surface area contributed by atoms with E-state index >= 15 is 0 Å². The summed E-state index contributed by atoms with van der Waals surface area (Å²) in [4.78, 5) is 0. The molecule has 0 amide bonds. The van der Waals surface area contributed by atoms with Crippen molar-refractivity contribution in [2.45, 2.75) is 0 Å². The first-order chi connectivity index (χ1) is 7.18. The van der Waals surface area contributed by atoms with Gasteiger partial charge >= 0.3 is 0 Å². The maximum Gasteiger partial charge on any atom is 0.131 e. The van der Waals surface area contributed by atoms with Crippen molar-refractivity contribution in [2.24, 2.45) is 0 Å². The standard InChI is InChI=1S/C12H8ClFO/c13-8-5-6-12(15)10(7-8)9-3-1-2-4-11(9)14/h1-7,15H. The van der Waals surface area contributed by atoms with E-state index in [1.54, 1.807) is 24.3 Å². The van der Waals surface area contributed by atoms with E-state index in [1.807, 2.05) is 0 Å². The van der Waals surface area contributed by atoms with Gasteiger partial charge in [0.05, 0.1) is 0 Å². The fourth-order valence-electron chi connectivity index (χ4n) is 1.40. The Hall–Kier alpha value is -1.54. The molecular formula is C12H8ClFO.